The molecule has 2 nitrogen and oxygen atoms in total. The number of furan rings is 1. The van der Waals surface area contributed by atoms with Gasteiger partial charge in [0.1, 0.15) is 5.58 Å². The molecule has 0 atom stereocenters. The summed E-state index contributed by atoms with van der Waals surface area (Å²) in [5.41, 5.74) is 5.10. The highest BCUT2D eigenvalue weighted by Gasteiger charge is 2.21. The smallest absolute Gasteiger partial charge is 0.137 e. The molecule has 1 aromatic heterocycles. The fourth-order valence-electron chi connectivity index (χ4n) is 2.46. The third-order valence-electron chi connectivity index (χ3n) is 3.73. The lowest BCUT2D eigenvalue weighted by Gasteiger charge is -2.20. The summed E-state index contributed by atoms with van der Waals surface area (Å²) in [7, 11) is 0. The van der Waals surface area contributed by atoms with E-state index in [1.54, 1.807) is 0 Å². The summed E-state index contributed by atoms with van der Waals surface area (Å²) in [4.78, 5) is 0. The molecule has 0 spiro atoms. The van der Waals surface area contributed by atoms with Crippen LogP contribution in [0.4, 0.5) is 0 Å². The fraction of sp³-hybridized carbons (Fsp3) is 0.556. The molecule has 20 heavy (non-hydrogen) atoms. The van der Waals surface area contributed by atoms with Crippen molar-refractivity contribution in [3.63, 3.8) is 0 Å². The van der Waals surface area contributed by atoms with Crippen LogP contribution in [0.3, 0.4) is 0 Å². The van der Waals surface area contributed by atoms with Crippen molar-refractivity contribution in [3.05, 3.63) is 35.1 Å². The predicted octanol–water partition coefficient (Wildman–Crippen LogP) is 4.79. The van der Waals surface area contributed by atoms with Crippen molar-refractivity contribution in [2.45, 2.75) is 66.0 Å². The molecule has 0 radical (unpaired) electrons. The standard InChI is InChI=1S/C18H27NO/c1-7-13-8-15-14(10-19-12(2)3)11-20-17(15)16(9-13)18(4,5)6/h8-9,11-12,19H,7,10H2,1-6H3. The third-order valence-corrected chi connectivity index (χ3v) is 3.73. The number of benzene rings is 1. The fourth-order valence-corrected chi connectivity index (χ4v) is 2.46. The summed E-state index contributed by atoms with van der Waals surface area (Å²) >= 11 is 0. The molecular formula is C18H27NO. The van der Waals surface area contributed by atoms with Crippen LogP contribution in [0, 0.1) is 0 Å². The minimum Gasteiger partial charge on any atom is -0.464 e. The van der Waals surface area contributed by atoms with E-state index in [2.05, 4.69) is 59.0 Å². The van der Waals surface area contributed by atoms with Crippen molar-refractivity contribution in [1.82, 2.24) is 5.32 Å². The maximum absolute atomic E-state index is 5.90. The minimum atomic E-state index is 0.101. The van der Waals surface area contributed by atoms with Crippen LogP contribution in [0.15, 0.2) is 22.8 Å². The normalized spacial score (nSPS) is 12.6. The first-order valence-corrected chi connectivity index (χ1v) is 7.59. The van der Waals surface area contributed by atoms with E-state index in [0.29, 0.717) is 6.04 Å². The summed E-state index contributed by atoms with van der Waals surface area (Å²) in [6.07, 6.45) is 2.97. The van der Waals surface area contributed by atoms with Crippen molar-refractivity contribution in [3.8, 4) is 0 Å². The van der Waals surface area contributed by atoms with Crippen LogP contribution >= 0.6 is 0 Å². The van der Waals surface area contributed by atoms with Crippen molar-refractivity contribution in [1.29, 1.82) is 0 Å². The third kappa shape index (κ3) is 3.06. The van der Waals surface area contributed by atoms with Crippen LogP contribution in [0.2, 0.25) is 0 Å². The van der Waals surface area contributed by atoms with Gasteiger partial charge < -0.3 is 9.73 Å². The SMILES string of the molecule is CCc1cc(C(C)(C)C)c2occ(CNC(C)C)c2c1. The number of rotatable bonds is 4. The van der Waals surface area contributed by atoms with Gasteiger partial charge in [-0.1, -0.05) is 47.6 Å². The summed E-state index contributed by atoms with van der Waals surface area (Å²) < 4.78 is 5.90. The second kappa shape index (κ2) is 5.61. The summed E-state index contributed by atoms with van der Waals surface area (Å²) in [6, 6.07) is 5.06. The summed E-state index contributed by atoms with van der Waals surface area (Å²) in [5, 5.41) is 4.74. The Morgan fingerprint density at radius 1 is 1.20 bits per heavy atom. The molecule has 0 aliphatic carbocycles. The molecule has 0 bridgehead atoms. The Labute approximate surface area is 122 Å². The minimum absolute atomic E-state index is 0.101. The average Bonchev–Trinajstić information content (AvgIpc) is 2.76. The van der Waals surface area contributed by atoms with Crippen molar-refractivity contribution >= 4 is 11.0 Å². The lowest BCUT2D eigenvalue weighted by atomic mass is 9.84. The molecule has 0 aliphatic rings. The molecule has 1 heterocycles. The molecule has 0 saturated heterocycles. The van der Waals surface area contributed by atoms with Gasteiger partial charge in [0.05, 0.1) is 6.26 Å². The Morgan fingerprint density at radius 2 is 1.90 bits per heavy atom. The van der Waals surface area contributed by atoms with Crippen LogP contribution in [0.25, 0.3) is 11.0 Å². The van der Waals surface area contributed by atoms with Crippen LogP contribution in [0.1, 0.15) is 58.2 Å². The molecule has 110 valence electrons. The Kier molecular flexibility index (Phi) is 4.24. The zero-order valence-electron chi connectivity index (χ0n) is 13.6. The van der Waals surface area contributed by atoms with Gasteiger partial charge in [-0.25, -0.2) is 0 Å². The van der Waals surface area contributed by atoms with E-state index in [1.165, 1.54) is 22.1 Å². The van der Waals surface area contributed by atoms with Gasteiger partial charge in [-0.15, -0.1) is 0 Å². The first-order chi connectivity index (χ1) is 9.32. The van der Waals surface area contributed by atoms with Crippen LogP contribution in [-0.2, 0) is 18.4 Å². The molecule has 0 amide bonds. The zero-order chi connectivity index (χ0) is 14.9. The maximum atomic E-state index is 5.90. The van der Waals surface area contributed by atoms with E-state index in [4.69, 9.17) is 4.42 Å². The monoisotopic (exact) mass is 273 g/mol. The maximum Gasteiger partial charge on any atom is 0.137 e. The van der Waals surface area contributed by atoms with Gasteiger partial charge in [-0.3, -0.25) is 0 Å². The Bertz CT molecular complexity index is 587. The second-order valence-electron chi connectivity index (χ2n) is 6.92. The van der Waals surface area contributed by atoms with Crippen LogP contribution in [0.5, 0.6) is 0 Å². The van der Waals surface area contributed by atoms with E-state index in [0.717, 1.165) is 18.5 Å². The first kappa shape index (κ1) is 15.1. The van der Waals surface area contributed by atoms with Crippen molar-refractivity contribution in [2.75, 3.05) is 0 Å². The Balaban J connectivity index is 2.54. The molecular weight excluding hydrogens is 246 g/mol. The topological polar surface area (TPSA) is 25.2 Å². The highest BCUT2D eigenvalue weighted by atomic mass is 16.3. The highest BCUT2D eigenvalue weighted by Crippen LogP contribution is 2.34. The Morgan fingerprint density at radius 3 is 2.45 bits per heavy atom. The molecule has 0 aliphatic heterocycles. The number of hydrogen-bond donors (Lipinski definition) is 1. The number of fused-ring (bicyclic) bond motifs is 1. The van der Waals surface area contributed by atoms with Gasteiger partial charge in [0.15, 0.2) is 0 Å². The van der Waals surface area contributed by atoms with Gasteiger partial charge in [0.25, 0.3) is 0 Å². The van der Waals surface area contributed by atoms with Crippen molar-refractivity contribution in [2.24, 2.45) is 0 Å². The van der Waals surface area contributed by atoms with Gasteiger partial charge in [0, 0.05) is 29.1 Å². The summed E-state index contributed by atoms with van der Waals surface area (Å²) in [5.74, 6) is 0. The summed E-state index contributed by atoms with van der Waals surface area (Å²) in [6.45, 7) is 14.1. The number of nitrogens with one attached hydrogen (secondary N) is 1. The van der Waals surface area contributed by atoms with Crippen LogP contribution in [-0.4, -0.2) is 6.04 Å². The molecule has 0 fully saturated rings. The quantitative estimate of drug-likeness (QED) is 0.866. The Hall–Kier alpha value is -1.28. The van der Waals surface area contributed by atoms with E-state index in [9.17, 15) is 0 Å². The zero-order valence-corrected chi connectivity index (χ0v) is 13.6. The lowest BCUT2D eigenvalue weighted by molar-refractivity contribution is 0.551. The second-order valence-corrected chi connectivity index (χ2v) is 6.92. The first-order valence-electron chi connectivity index (χ1n) is 7.59. The molecule has 2 heteroatoms. The largest absolute Gasteiger partial charge is 0.464 e. The van der Waals surface area contributed by atoms with Gasteiger partial charge in [-0.2, -0.15) is 0 Å². The molecule has 1 aromatic carbocycles. The van der Waals surface area contributed by atoms with E-state index < -0.39 is 0 Å². The number of hydrogen-bond acceptors (Lipinski definition) is 2. The van der Waals surface area contributed by atoms with E-state index in [-0.39, 0.29) is 5.41 Å². The molecule has 2 aromatic rings. The van der Waals surface area contributed by atoms with Gasteiger partial charge >= 0.3 is 0 Å². The van der Waals surface area contributed by atoms with E-state index >= 15 is 0 Å². The molecule has 0 saturated carbocycles. The van der Waals surface area contributed by atoms with Crippen LogP contribution < -0.4 is 5.32 Å². The van der Waals surface area contributed by atoms with Gasteiger partial charge in [-0.05, 0) is 23.5 Å². The lowest BCUT2D eigenvalue weighted by Crippen LogP contribution is -2.21. The van der Waals surface area contributed by atoms with Gasteiger partial charge in [0.2, 0.25) is 0 Å². The van der Waals surface area contributed by atoms with E-state index in [1.807, 2.05) is 6.26 Å². The highest BCUT2D eigenvalue weighted by molar-refractivity contribution is 5.85. The average molecular weight is 273 g/mol. The predicted molar refractivity (Wildman–Crippen MR) is 86.3 cm³/mol. The number of aryl methyl sites for hydroxylation is 1. The molecule has 0 unspecified atom stereocenters. The van der Waals surface area contributed by atoms with Crippen molar-refractivity contribution < 1.29 is 4.42 Å². The molecule has 2 rings (SSSR count). The molecule has 1 N–H and O–H groups in total.